The molecule has 1 N–H and O–H groups in total. The predicted octanol–water partition coefficient (Wildman–Crippen LogP) is 1.34. The molecule has 0 spiro atoms. The quantitative estimate of drug-likeness (QED) is 0.768. The molecule has 1 aliphatic rings. The van der Waals surface area contributed by atoms with Gasteiger partial charge in [0.25, 0.3) is 0 Å². The maximum absolute atomic E-state index is 9.69. The molecule has 1 rings (SSSR count). The molecule has 0 radical (unpaired) electrons. The second-order valence-electron chi connectivity index (χ2n) is 4.20. The fourth-order valence-corrected chi connectivity index (χ4v) is 2.38. The van der Waals surface area contributed by atoms with Crippen molar-refractivity contribution in [2.24, 2.45) is 11.8 Å². The minimum absolute atomic E-state index is 0. The number of rotatable bonds is 1. The molecular weight excluding hydrogens is 334 g/mol. The van der Waals surface area contributed by atoms with Gasteiger partial charge in [-0.25, -0.2) is 0 Å². The van der Waals surface area contributed by atoms with Crippen LogP contribution in [0.5, 0.6) is 0 Å². The Morgan fingerprint density at radius 1 is 1.31 bits per heavy atom. The molecule has 3 heteroatoms. The number of β-amino-alcohol motifs (C(OH)–C–C–N with tert-alkyl or cyclic N) is 1. The summed E-state index contributed by atoms with van der Waals surface area (Å²) in [5.41, 5.74) is 0. The summed E-state index contributed by atoms with van der Waals surface area (Å²) in [6.45, 7) is 7.47. The van der Waals surface area contributed by atoms with E-state index < -0.39 is 0 Å². The van der Waals surface area contributed by atoms with Crippen LogP contribution in [0.2, 0.25) is 0 Å². The fourth-order valence-electron chi connectivity index (χ4n) is 2.38. The Morgan fingerprint density at radius 2 is 1.85 bits per heavy atom. The van der Waals surface area contributed by atoms with E-state index in [1.807, 2.05) is 0 Å². The summed E-state index contributed by atoms with van der Waals surface area (Å²) >= 11 is 0. The van der Waals surface area contributed by atoms with E-state index in [9.17, 15) is 5.11 Å². The summed E-state index contributed by atoms with van der Waals surface area (Å²) in [6.07, 6.45) is 1.06. The van der Waals surface area contributed by atoms with Gasteiger partial charge in [0.15, 0.2) is 0 Å². The summed E-state index contributed by atoms with van der Waals surface area (Å²) in [7, 11) is 2.11. The minimum Gasteiger partial charge on any atom is -0.392 e. The van der Waals surface area contributed by atoms with Gasteiger partial charge >= 0.3 is 0 Å². The van der Waals surface area contributed by atoms with Crippen molar-refractivity contribution in [1.29, 1.82) is 0 Å². The van der Waals surface area contributed by atoms with Crippen molar-refractivity contribution in [3.05, 3.63) is 0 Å². The number of hydrogen-bond donors (Lipinski definition) is 1. The van der Waals surface area contributed by atoms with Crippen LogP contribution in [-0.2, 0) is 21.1 Å². The van der Waals surface area contributed by atoms with Crippen molar-refractivity contribution < 1.29 is 26.2 Å². The molecule has 0 aliphatic carbocycles. The van der Waals surface area contributed by atoms with Gasteiger partial charge in [-0.2, -0.15) is 0 Å². The van der Waals surface area contributed by atoms with Gasteiger partial charge in [0.05, 0.1) is 6.10 Å². The molecule has 13 heavy (non-hydrogen) atoms. The van der Waals surface area contributed by atoms with Gasteiger partial charge in [-0.1, -0.05) is 20.8 Å². The SMILES string of the molecule is CCC1C(C)C(C)C(O)CN1C.[W]. The summed E-state index contributed by atoms with van der Waals surface area (Å²) in [5.74, 6) is 1.06. The largest absolute Gasteiger partial charge is 0.392 e. The Bertz CT molecular complexity index is 154. The number of piperidine rings is 1. The van der Waals surface area contributed by atoms with Gasteiger partial charge < -0.3 is 10.0 Å². The Hall–Kier alpha value is 0.608. The molecule has 0 aromatic heterocycles. The molecule has 0 aromatic rings. The molecule has 1 fully saturated rings. The molecular formula is C10H21NOW. The van der Waals surface area contributed by atoms with Gasteiger partial charge in [0, 0.05) is 33.7 Å². The first-order valence-corrected chi connectivity index (χ1v) is 4.96. The summed E-state index contributed by atoms with van der Waals surface area (Å²) in [5, 5.41) is 9.69. The Labute approximate surface area is 96.0 Å². The number of hydrogen-bond acceptors (Lipinski definition) is 2. The second-order valence-corrected chi connectivity index (χ2v) is 4.20. The van der Waals surface area contributed by atoms with Crippen molar-refractivity contribution in [3.8, 4) is 0 Å². The molecule has 4 unspecified atom stereocenters. The van der Waals surface area contributed by atoms with Crippen molar-refractivity contribution in [1.82, 2.24) is 4.90 Å². The third kappa shape index (κ3) is 2.78. The van der Waals surface area contributed by atoms with E-state index in [0.29, 0.717) is 17.9 Å². The Balaban J connectivity index is 0.00000144. The first kappa shape index (κ1) is 13.6. The van der Waals surface area contributed by atoms with Crippen molar-refractivity contribution in [2.45, 2.75) is 39.3 Å². The van der Waals surface area contributed by atoms with Crippen molar-refractivity contribution in [2.75, 3.05) is 13.6 Å². The van der Waals surface area contributed by atoms with Gasteiger partial charge in [-0.3, -0.25) is 0 Å². The maximum atomic E-state index is 9.69. The zero-order valence-corrected chi connectivity index (χ0v) is 12.0. The summed E-state index contributed by atoms with van der Waals surface area (Å²) in [6, 6.07) is 0.656. The molecule has 1 aliphatic heterocycles. The fraction of sp³-hybridized carbons (Fsp3) is 1.00. The average Bonchev–Trinajstić information content (AvgIpc) is 2.01. The van der Waals surface area contributed by atoms with Crippen LogP contribution in [-0.4, -0.2) is 35.7 Å². The number of aliphatic hydroxyl groups is 1. The van der Waals surface area contributed by atoms with E-state index in [2.05, 4.69) is 32.7 Å². The normalized spacial score (nSPS) is 41.3. The molecule has 78 valence electrons. The predicted molar refractivity (Wildman–Crippen MR) is 51.0 cm³/mol. The molecule has 0 bridgehead atoms. The van der Waals surface area contributed by atoms with E-state index in [-0.39, 0.29) is 27.2 Å². The first-order chi connectivity index (χ1) is 5.57. The van der Waals surface area contributed by atoms with E-state index in [1.54, 1.807) is 0 Å². The zero-order chi connectivity index (χ0) is 9.30. The van der Waals surface area contributed by atoms with E-state index in [1.165, 1.54) is 6.42 Å². The van der Waals surface area contributed by atoms with E-state index in [0.717, 1.165) is 6.54 Å². The van der Waals surface area contributed by atoms with Crippen molar-refractivity contribution in [3.63, 3.8) is 0 Å². The van der Waals surface area contributed by atoms with Crippen LogP contribution in [0.3, 0.4) is 0 Å². The topological polar surface area (TPSA) is 23.5 Å². The molecule has 1 heterocycles. The Kier molecular flexibility index (Phi) is 5.74. The van der Waals surface area contributed by atoms with Crippen LogP contribution in [0, 0.1) is 11.8 Å². The maximum Gasteiger partial charge on any atom is 0.0695 e. The minimum atomic E-state index is -0.132. The van der Waals surface area contributed by atoms with Crippen LogP contribution < -0.4 is 0 Å². The van der Waals surface area contributed by atoms with Crippen molar-refractivity contribution >= 4 is 0 Å². The Morgan fingerprint density at radius 3 is 2.31 bits per heavy atom. The molecule has 0 aromatic carbocycles. The smallest absolute Gasteiger partial charge is 0.0695 e. The van der Waals surface area contributed by atoms with Gasteiger partial charge in [-0.05, 0) is 25.3 Å². The zero-order valence-electron chi connectivity index (χ0n) is 9.03. The third-order valence-electron chi connectivity index (χ3n) is 3.50. The second kappa shape index (κ2) is 5.48. The summed E-state index contributed by atoms with van der Waals surface area (Å²) < 4.78 is 0. The van der Waals surface area contributed by atoms with Crippen LogP contribution >= 0.6 is 0 Å². The molecule has 4 atom stereocenters. The third-order valence-corrected chi connectivity index (χ3v) is 3.50. The first-order valence-electron chi connectivity index (χ1n) is 4.96. The number of nitrogens with zero attached hydrogens (tertiary/aromatic N) is 1. The standard InChI is InChI=1S/C10H21NO.W/c1-5-9-7(2)8(3)10(12)6-11(9)4;/h7-10,12H,5-6H2,1-4H3;. The van der Waals surface area contributed by atoms with E-state index in [4.69, 9.17) is 0 Å². The number of likely N-dealkylation sites (tertiary alicyclic amines) is 1. The van der Waals surface area contributed by atoms with Gasteiger partial charge in [-0.15, -0.1) is 0 Å². The van der Waals surface area contributed by atoms with Crippen LogP contribution in [0.1, 0.15) is 27.2 Å². The van der Waals surface area contributed by atoms with Gasteiger partial charge in [0.1, 0.15) is 0 Å². The summed E-state index contributed by atoms with van der Waals surface area (Å²) in [4.78, 5) is 2.29. The monoisotopic (exact) mass is 355 g/mol. The van der Waals surface area contributed by atoms with E-state index >= 15 is 0 Å². The molecule has 0 saturated carbocycles. The van der Waals surface area contributed by atoms with Crippen LogP contribution in [0.25, 0.3) is 0 Å². The van der Waals surface area contributed by atoms with Gasteiger partial charge in [0.2, 0.25) is 0 Å². The molecule has 1 saturated heterocycles. The molecule has 0 amide bonds. The van der Waals surface area contributed by atoms with Crippen LogP contribution in [0.4, 0.5) is 0 Å². The number of likely N-dealkylation sites (N-methyl/N-ethyl adjacent to an activating group) is 1. The number of aliphatic hydroxyl groups excluding tert-OH is 1. The molecule has 2 nitrogen and oxygen atoms in total. The average molecular weight is 355 g/mol. The van der Waals surface area contributed by atoms with Crippen LogP contribution in [0.15, 0.2) is 0 Å².